The van der Waals surface area contributed by atoms with Gasteiger partial charge in [-0.05, 0) is 25.1 Å². The second kappa shape index (κ2) is 4.63. The first kappa shape index (κ1) is 14.6. The van der Waals surface area contributed by atoms with E-state index in [1.807, 2.05) is 0 Å². The number of hydrogen-bond donors (Lipinski definition) is 1. The number of halogens is 4. The van der Waals surface area contributed by atoms with Crippen LogP contribution in [0.1, 0.15) is 18.9 Å². The van der Waals surface area contributed by atoms with E-state index in [9.17, 15) is 22.7 Å². The van der Waals surface area contributed by atoms with Gasteiger partial charge in [-0.15, -0.1) is 0 Å². The van der Waals surface area contributed by atoms with Gasteiger partial charge in [0.05, 0.1) is 11.6 Å². The smallest absolute Gasteiger partial charge is 0.379 e. The van der Waals surface area contributed by atoms with E-state index < -0.39 is 30.1 Å². The van der Waals surface area contributed by atoms with Gasteiger partial charge in [-0.3, -0.25) is 0 Å². The molecule has 1 aromatic carbocycles. The summed E-state index contributed by atoms with van der Waals surface area (Å²) in [5.41, 5.74) is -2.77. The fourth-order valence-corrected chi connectivity index (χ4v) is 2.46. The molecule has 0 radical (unpaired) electrons. The van der Waals surface area contributed by atoms with Crippen molar-refractivity contribution < 1.29 is 22.7 Å². The first-order valence-corrected chi connectivity index (χ1v) is 5.96. The number of nitriles is 1. The van der Waals surface area contributed by atoms with Crippen LogP contribution in [0.2, 0.25) is 0 Å². The highest BCUT2D eigenvalue weighted by atomic mass is 19.4. The van der Waals surface area contributed by atoms with Gasteiger partial charge in [0.2, 0.25) is 0 Å². The van der Waals surface area contributed by atoms with E-state index in [0.29, 0.717) is 0 Å². The largest absolute Gasteiger partial charge is 0.419 e. The lowest BCUT2D eigenvalue weighted by Crippen LogP contribution is -2.53. The van der Waals surface area contributed by atoms with Crippen LogP contribution in [0.3, 0.4) is 0 Å². The summed E-state index contributed by atoms with van der Waals surface area (Å²) in [6.45, 7) is 1.21. The standard InChI is InChI=1S/C13H12F4N2O/c1-8-12(20,13(15,16)17)4-5-19(8)10-3-2-9(7-18)11(14)6-10/h2-3,6,8,20H,4-5H2,1H3. The van der Waals surface area contributed by atoms with Crippen molar-refractivity contribution in [3.05, 3.63) is 29.6 Å². The Bertz CT molecular complexity index is 566. The second-order valence-corrected chi connectivity index (χ2v) is 4.82. The topological polar surface area (TPSA) is 47.3 Å². The fraction of sp³-hybridized carbons (Fsp3) is 0.462. The first-order chi connectivity index (χ1) is 9.20. The summed E-state index contributed by atoms with van der Waals surface area (Å²) in [5.74, 6) is -0.792. The lowest BCUT2D eigenvalue weighted by atomic mass is 9.95. The third kappa shape index (κ3) is 2.10. The molecule has 7 heteroatoms. The molecule has 1 aromatic rings. The van der Waals surface area contributed by atoms with Crippen molar-refractivity contribution in [1.82, 2.24) is 0 Å². The van der Waals surface area contributed by atoms with Gasteiger partial charge >= 0.3 is 6.18 Å². The van der Waals surface area contributed by atoms with Gasteiger partial charge in [0.25, 0.3) is 0 Å². The fourth-order valence-electron chi connectivity index (χ4n) is 2.46. The molecule has 20 heavy (non-hydrogen) atoms. The number of nitrogens with zero attached hydrogens (tertiary/aromatic N) is 2. The summed E-state index contributed by atoms with van der Waals surface area (Å²) in [7, 11) is 0. The predicted octanol–water partition coefficient (Wildman–Crippen LogP) is 2.59. The third-order valence-electron chi connectivity index (χ3n) is 3.79. The quantitative estimate of drug-likeness (QED) is 0.808. The third-order valence-corrected chi connectivity index (χ3v) is 3.79. The molecule has 1 heterocycles. The monoisotopic (exact) mass is 288 g/mol. The van der Waals surface area contributed by atoms with Crippen LogP contribution in [-0.2, 0) is 0 Å². The maximum absolute atomic E-state index is 13.5. The summed E-state index contributed by atoms with van der Waals surface area (Å²) < 4.78 is 52.2. The summed E-state index contributed by atoms with van der Waals surface area (Å²) in [4.78, 5) is 1.29. The SMILES string of the molecule is CC1N(c2ccc(C#N)c(F)c2)CCC1(O)C(F)(F)F. The lowest BCUT2D eigenvalue weighted by Gasteiger charge is -2.33. The van der Waals surface area contributed by atoms with Crippen LogP contribution < -0.4 is 4.90 Å². The number of alkyl halides is 3. The van der Waals surface area contributed by atoms with Gasteiger partial charge in [-0.25, -0.2) is 4.39 Å². The number of benzene rings is 1. The molecule has 1 fully saturated rings. The number of anilines is 1. The van der Waals surface area contributed by atoms with Crippen LogP contribution in [0.5, 0.6) is 0 Å². The molecule has 0 aromatic heterocycles. The average molecular weight is 288 g/mol. The van der Waals surface area contributed by atoms with E-state index in [-0.39, 0.29) is 17.8 Å². The highest BCUT2D eigenvalue weighted by Crippen LogP contribution is 2.43. The zero-order valence-corrected chi connectivity index (χ0v) is 10.6. The van der Waals surface area contributed by atoms with Crippen LogP contribution in [0.4, 0.5) is 23.2 Å². The van der Waals surface area contributed by atoms with Crippen molar-refractivity contribution >= 4 is 5.69 Å². The van der Waals surface area contributed by atoms with Gasteiger partial charge in [-0.2, -0.15) is 18.4 Å². The summed E-state index contributed by atoms with van der Waals surface area (Å²) in [5, 5.41) is 18.4. The molecule has 1 aliphatic rings. The van der Waals surface area contributed by atoms with Crippen LogP contribution in [-0.4, -0.2) is 29.5 Å². The van der Waals surface area contributed by atoms with Crippen molar-refractivity contribution in [2.24, 2.45) is 0 Å². The highest BCUT2D eigenvalue weighted by Gasteiger charge is 2.61. The van der Waals surface area contributed by atoms with Crippen molar-refractivity contribution in [2.75, 3.05) is 11.4 Å². The minimum Gasteiger partial charge on any atom is -0.379 e. The maximum Gasteiger partial charge on any atom is 0.419 e. The Morgan fingerprint density at radius 1 is 1.45 bits per heavy atom. The van der Waals surface area contributed by atoms with Crippen LogP contribution in [0.15, 0.2) is 18.2 Å². The normalized spacial score (nSPS) is 26.6. The molecule has 2 unspecified atom stereocenters. The summed E-state index contributed by atoms with van der Waals surface area (Å²) in [6, 6.07) is 4.01. The van der Waals surface area contributed by atoms with Gasteiger partial charge in [0.1, 0.15) is 11.9 Å². The Balaban J connectivity index is 2.33. The Kier molecular flexibility index (Phi) is 3.38. The number of aliphatic hydroxyl groups is 1. The molecule has 1 saturated heterocycles. The molecule has 0 aliphatic carbocycles. The zero-order chi connectivity index (χ0) is 15.1. The molecular weight excluding hydrogens is 276 g/mol. The Hall–Kier alpha value is -1.81. The Morgan fingerprint density at radius 3 is 2.55 bits per heavy atom. The lowest BCUT2D eigenvalue weighted by molar-refractivity contribution is -0.260. The van der Waals surface area contributed by atoms with E-state index in [1.165, 1.54) is 24.0 Å². The summed E-state index contributed by atoms with van der Waals surface area (Å²) >= 11 is 0. The predicted molar refractivity (Wildman–Crippen MR) is 63.5 cm³/mol. The molecule has 2 rings (SSSR count). The van der Waals surface area contributed by atoms with Gasteiger partial charge in [-0.1, -0.05) is 0 Å². The average Bonchev–Trinajstić information content (AvgIpc) is 2.67. The van der Waals surface area contributed by atoms with Crippen molar-refractivity contribution in [3.63, 3.8) is 0 Å². The zero-order valence-electron chi connectivity index (χ0n) is 10.6. The van der Waals surface area contributed by atoms with Gasteiger partial charge < -0.3 is 10.0 Å². The molecule has 0 spiro atoms. The van der Waals surface area contributed by atoms with E-state index in [4.69, 9.17) is 5.26 Å². The highest BCUT2D eigenvalue weighted by molar-refractivity contribution is 5.53. The van der Waals surface area contributed by atoms with Crippen molar-refractivity contribution in [3.8, 4) is 6.07 Å². The second-order valence-electron chi connectivity index (χ2n) is 4.82. The van der Waals surface area contributed by atoms with E-state index in [2.05, 4.69) is 0 Å². The Labute approximate surface area is 113 Å². The molecule has 108 valence electrons. The summed E-state index contributed by atoms with van der Waals surface area (Å²) in [6.07, 6.45) is -5.22. The number of rotatable bonds is 1. The van der Waals surface area contributed by atoms with Crippen LogP contribution in [0.25, 0.3) is 0 Å². The van der Waals surface area contributed by atoms with E-state index >= 15 is 0 Å². The molecule has 0 amide bonds. The number of hydrogen-bond acceptors (Lipinski definition) is 3. The Morgan fingerprint density at radius 2 is 2.10 bits per heavy atom. The van der Waals surface area contributed by atoms with Gasteiger partial charge in [0, 0.05) is 18.7 Å². The molecular formula is C13H12F4N2O. The molecule has 2 atom stereocenters. The molecule has 3 nitrogen and oxygen atoms in total. The molecule has 0 saturated carbocycles. The van der Waals surface area contributed by atoms with Crippen LogP contribution >= 0.6 is 0 Å². The maximum atomic E-state index is 13.5. The minimum absolute atomic E-state index is 0.0392. The van der Waals surface area contributed by atoms with Crippen molar-refractivity contribution in [1.29, 1.82) is 5.26 Å². The van der Waals surface area contributed by atoms with Gasteiger partial charge in [0.15, 0.2) is 5.60 Å². The van der Waals surface area contributed by atoms with Crippen LogP contribution in [0, 0.1) is 17.1 Å². The molecule has 1 N–H and O–H groups in total. The van der Waals surface area contributed by atoms with E-state index in [1.54, 1.807) is 6.07 Å². The molecule has 1 aliphatic heterocycles. The van der Waals surface area contributed by atoms with Crippen molar-refractivity contribution in [2.45, 2.75) is 31.2 Å². The molecule has 0 bridgehead atoms. The van der Waals surface area contributed by atoms with E-state index in [0.717, 1.165) is 6.07 Å². The first-order valence-electron chi connectivity index (χ1n) is 5.96. The minimum atomic E-state index is -4.74.